The summed E-state index contributed by atoms with van der Waals surface area (Å²) in [6.07, 6.45) is 4.60. The van der Waals surface area contributed by atoms with E-state index < -0.39 is 0 Å². The van der Waals surface area contributed by atoms with E-state index in [0.717, 1.165) is 37.1 Å². The molecule has 3 atom stereocenters. The van der Waals surface area contributed by atoms with Crippen molar-refractivity contribution in [2.24, 2.45) is 11.7 Å². The van der Waals surface area contributed by atoms with Crippen LogP contribution < -0.4 is 11.1 Å². The van der Waals surface area contributed by atoms with Gasteiger partial charge in [0.1, 0.15) is 0 Å². The third kappa shape index (κ3) is 2.49. The highest BCUT2D eigenvalue weighted by atomic mass is 35.5. The summed E-state index contributed by atoms with van der Waals surface area (Å²) >= 11 is 6.19. The number of rotatable bonds is 2. The number of fused-ring (bicyclic) bond motifs is 1. The molecule has 3 nitrogen and oxygen atoms in total. The van der Waals surface area contributed by atoms with E-state index in [-0.39, 0.29) is 23.9 Å². The smallest absolute Gasteiger partial charge is 0.223 e. The van der Waals surface area contributed by atoms with E-state index in [1.165, 1.54) is 11.1 Å². The lowest BCUT2D eigenvalue weighted by molar-refractivity contribution is -0.125. The molecule has 4 heteroatoms. The second kappa shape index (κ2) is 5.14. The van der Waals surface area contributed by atoms with Crippen LogP contribution in [0.5, 0.6) is 0 Å². The monoisotopic (exact) mass is 278 g/mol. The molecule has 0 spiro atoms. The van der Waals surface area contributed by atoms with Crippen LogP contribution in [0, 0.1) is 5.92 Å². The lowest BCUT2D eigenvalue weighted by Gasteiger charge is -2.17. The summed E-state index contributed by atoms with van der Waals surface area (Å²) in [5, 5.41) is 3.99. The first-order chi connectivity index (χ1) is 9.15. The van der Waals surface area contributed by atoms with Gasteiger partial charge >= 0.3 is 0 Å². The standard InChI is InChI=1S/C15H19ClN2O/c16-13-3-1-2-12-11(13)6-7-14(12)18-15(19)9-4-5-10(17)8-9/h1-3,9-10,14H,4-8,17H2,(H,18,19). The zero-order valence-electron chi connectivity index (χ0n) is 10.9. The minimum atomic E-state index is 0.0956. The quantitative estimate of drug-likeness (QED) is 0.874. The predicted octanol–water partition coefficient (Wildman–Crippen LogP) is 2.57. The van der Waals surface area contributed by atoms with Crippen LogP contribution in [0.1, 0.15) is 42.9 Å². The average molecular weight is 279 g/mol. The van der Waals surface area contributed by atoms with Crippen LogP contribution in [0.15, 0.2) is 18.2 Å². The number of halogens is 1. The Kier molecular flexibility index (Phi) is 3.50. The maximum atomic E-state index is 12.2. The molecule has 1 aromatic carbocycles. The van der Waals surface area contributed by atoms with Crippen molar-refractivity contribution in [1.82, 2.24) is 5.32 Å². The number of hydrogen-bond donors (Lipinski definition) is 2. The van der Waals surface area contributed by atoms with E-state index in [2.05, 4.69) is 11.4 Å². The highest BCUT2D eigenvalue weighted by molar-refractivity contribution is 6.31. The molecule has 0 saturated heterocycles. The second-order valence-electron chi connectivity index (χ2n) is 5.68. The van der Waals surface area contributed by atoms with E-state index in [9.17, 15) is 4.79 Å². The van der Waals surface area contributed by atoms with Gasteiger partial charge in [0.2, 0.25) is 5.91 Å². The van der Waals surface area contributed by atoms with Gasteiger partial charge in [-0.3, -0.25) is 4.79 Å². The number of nitrogens with two attached hydrogens (primary N) is 1. The normalized spacial score (nSPS) is 29.3. The second-order valence-corrected chi connectivity index (χ2v) is 6.08. The molecule has 1 aromatic rings. The lowest BCUT2D eigenvalue weighted by atomic mass is 10.0. The average Bonchev–Trinajstić information content (AvgIpc) is 2.98. The Balaban J connectivity index is 1.70. The minimum Gasteiger partial charge on any atom is -0.349 e. The molecule has 1 saturated carbocycles. The van der Waals surface area contributed by atoms with E-state index in [0.29, 0.717) is 0 Å². The highest BCUT2D eigenvalue weighted by Gasteiger charge is 2.31. The Bertz CT molecular complexity index is 503. The van der Waals surface area contributed by atoms with Crippen molar-refractivity contribution in [2.45, 2.75) is 44.2 Å². The van der Waals surface area contributed by atoms with Crippen molar-refractivity contribution in [3.05, 3.63) is 34.3 Å². The van der Waals surface area contributed by atoms with E-state index in [1.807, 2.05) is 12.1 Å². The van der Waals surface area contributed by atoms with Gasteiger partial charge in [0.05, 0.1) is 6.04 Å². The number of nitrogens with one attached hydrogen (secondary N) is 1. The van der Waals surface area contributed by atoms with Crippen molar-refractivity contribution >= 4 is 17.5 Å². The van der Waals surface area contributed by atoms with E-state index in [4.69, 9.17) is 17.3 Å². The molecule has 2 aliphatic rings. The van der Waals surface area contributed by atoms with Gasteiger partial charge in [-0.05, 0) is 49.3 Å². The van der Waals surface area contributed by atoms with Crippen LogP contribution in [0.4, 0.5) is 0 Å². The van der Waals surface area contributed by atoms with Gasteiger partial charge in [-0.15, -0.1) is 0 Å². The van der Waals surface area contributed by atoms with Gasteiger partial charge in [-0.1, -0.05) is 23.7 Å². The number of hydrogen-bond acceptors (Lipinski definition) is 2. The first kappa shape index (κ1) is 12.9. The molecule has 2 aliphatic carbocycles. The van der Waals surface area contributed by atoms with Crippen LogP contribution >= 0.6 is 11.6 Å². The number of carbonyl (C=O) groups is 1. The Morgan fingerprint density at radius 3 is 2.89 bits per heavy atom. The summed E-state index contributed by atoms with van der Waals surface area (Å²) in [7, 11) is 0. The summed E-state index contributed by atoms with van der Waals surface area (Å²) < 4.78 is 0. The molecule has 19 heavy (non-hydrogen) atoms. The summed E-state index contributed by atoms with van der Waals surface area (Å²) in [6, 6.07) is 6.26. The first-order valence-electron chi connectivity index (χ1n) is 6.98. The van der Waals surface area contributed by atoms with E-state index >= 15 is 0 Å². The molecule has 0 radical (unpaired) electrons. The molecule has 1 fully saturated rings. The zero-order chi connectivity index (χ0) is 13.4. The van der Waals surface area contributed by atoms with Crippen LogP contribution in [0.2, 0.25) is 5.02 Å². The molecule has 1 amide bonds. The third-order valence-electron chi connectivity index (χ3n) is 4.37. The van der Waals surface area contributed by atoms with Gasteiger partial charge in [0.25, 0.3) is 0 Å². The summed E-state index contributed by atoms with van der Waals surface area (Å²) in [4.78, 5) is 12.2. The Morgan fingerprint density at radius 1 is 1.32 bits per heavy atom. The van der Waals surface area contributed by atoms with Crippen molar-refractivity contribution < 1.29 is 4.79 Å². The molecule has 3 rings (SSSR count). The predicted molar refractivity (Wildman–Crippen MR) is 76.0 cm³/mol. The molecule has 0 aromatic heterocycles. The zero-order valence-corrected chi connectivity index (χ0v) is 11.6. The fourth-order valence-corrected chi connectivity index (χ4v) is 3.58. The Hall–Kier alpha value is -1.06. The SMILES string of the molecule is NC1CCC(C(=O)NC2CCc3c(Cl)cccc32)C1. The highest BCUT2D eigenvalue weighted by Crippen LogP contribution is 2.36. The third-order valence-corrected chi connectivity index (χ3v) is 4.73. The molecular formula is C15H19ClN2O. The number of benzene rings is 1. The maximum absolute atomic E-state index is 12.2. The summed E-state index contributed by atoms with van der Waals surface area (Å²) in [5.41, 5.74) is 8.25. The lowest BCUT2D eigenvalue weighted by Crippen LogP contribution is -2.32. The molecule has 102 valence electrons. The summed E-state index contributed by atoms with van der Waals surface area (Å²) in [5.74, 6) is 0.254. The fourth-order valence-electron chi connectivity index (χ4n) is 3.30. The van der Waals surface area contributed by atoms with Gasteiger partial charge in [-0.25, -0.2) is 0 Å². The van der Waals surface area contributed by atoms with Crippen LogP contribution in [0.3, 0.4) is 0 Å². The Morgan fingerprint density at radius 2 is 2.16 bits per heavy atom. The van der Waals surface area contributed by atoms with Gasteiger partial charge in [-0.2, -0.15) is 0 Å². The molecule has 3 unspecified atom stereocenters. The van der Waals surface area contributed by atoms with Crippen LogP contribution in [-0.2, 0) is 11.2 Å². The van der Waals surface area contributed by atoms with E-state index in [1.54, 1.807) is 0 Å². The Labute approximate surface area is 118 Å². The molecular weight excluding hydrogens is 260 g/mol. The molecule has 0 heterocycles. The topological polar surface area (TPSA) is 55.1 Å². The largest absolute Gasteiger partial charge is 0.349 e. The van der Waals surface area contributed by atoms with Gasteiger partial charge in [0, 0.05) is 17.0 Å². The van der Waals surface area contributed by atoms with Crippen molar-refractivity contribution in [3.63, 3.8) is 0 Å². The first-order valence-corrected chi connectivity index (χ1v) is 7.36. The molecule has 0 aliphatic heterocycles. The van der Waals surface area contributed by atoms with Crippen molar-refractivity contribution in [1.29, 1.82) is 0 Å². The van der Waals surface area contributed by atoms with Gasteiger partial charge in [0.15, 0.2) is 0 Å². The molecule has 0 bridgehead atoms. The number of carbonyl (C=O) groups excluding carboxylic acids is 1. The van der Waals surface area contributed by atoms with Crippen LogP contribution in [-0.4, -0.2) is 11.9 Å². The van der Waals surface area contributed by atoms with Crippen molar-refractivity contribution in [2.75, 3.05) is 0 Å². The molecule has 3 N–H and O–H groups in total. The minimum absolute atomic E-state index is 0.0956. The van der Waals surface area contributed by atoms with Crippen molar-refractivity contribution in [3.8, 4) is 0 Å². The van der Waals surface area contributed by atoms with Gasteiger partial charge < -0.3 is 11.1 Å². The van der Waals surface area contributed by atoms with Crippen LogP contribution in [0.25, 0.3) is 0 Å². The fraction of sp³-hybridized carbons (Fsp3) is 0.533. The number of amides is 1. The summed E-state index contributed by atoms with van der Waals surface area (Å²) in [6.45, 7) is 0. The maximum Gasteiger partial charge on any atom is 0.223 e.